The molecule has 7 heteroatoms. The van der Waals surface area contributed by atoms with Crippen LogP contribution in [0.1, 0.15) is 26.2 Å². The maximum Gasteiger partial charge on any atom is 0.321 e. The van der Waals surface area contributed by atoms with Crippen LogP contribution in [0.5, 0.6) is 0 Å². The zero-order valence-electron chi connectivity index (χ0n) is 17.4. The minimum absolute atomic E-state index is 0.0527. The molecule has 0 saturated carbocycles. The van der Waals surface area contributed by atoms with Gasteiger partial charge in [-0.05, 0) is 30.4 Å². The zero-order chi connectivity index (χ0) is 20.5. The number of para-hydroxylation sites is 1. The molecule has 2 aliphatic rings. The predicted octanol–water partition coefficient (Wildman–Crippen LogP) is 2.41. The summed E-state index contributed by atoms with van der Waals surface area (Å²) in [5.41, 5.74) is 0.812. The Bertz CT molecular complexity index is 649. The van der Waals surface area contributed by atoms with Gasteiger partial charge in [-0.15, -0.1) is 0 Å². The van der Waals surface area contributed by atoms with Gasteiger partial charge in [0.1, 0.15) is 0 Å². The number of rotatable bonds is 7. The number of morpholine rings is 1. The third-order valence-electron chi connectivity index (χ3n) is 6.03. The molecule has 3 rings (SSSR count). The van der Waals surface area contributed by atoms with Crippen LogP contribution in [0.15, 0.2) is 30.3 Å². The summed E-state index contributed by atoms with van der Waals surface area (Å²) >= 11 is 0. The molecule has 2 atom stereocenters. The van der Waals surface area contributed by atoms with Crippen molar-refractivity contribution in [2.45, 2.75) is 26.2 Å². The van der Waals surface area contributed by atoms with E-state index in [0.29, 0.717) is 37.9 Å². The Hall–Kier alpha value is -2.12. The van der Waals surface area contributed by atoms with Gasteiger partial charge in [0.25, 0.3) is 0 Å². The molecule has 0 spiro atoms. The lowest BCUT2D eigenvalue weighted by molar-refractivity contribution is -0.122. The molecule has 2 fully saturated rings. The van der Waals surface area contributed by atoms with Crippen molar-refractivity contribution in [3.8, 4) is 0 Å². The maximum absolute atomic E-state index is 12.6. The van der Waals surface area contributed by atoms with E-state index in [4.69, 9.17) is 4.74 Å². The highest BCUT2D eigenvalue weighted by molar-refractivity contribution is 5.89. The van der Waals surface area contributed by atoms with Crippen LogP contribution in [0.3, 0.4) is 0 Å². The molecular weight excluding hydrogens is 368 g/mol. The van der Waals surface area contributed by atoms with E-state index in [1.54, 1.807) is 0 Å². The highest BCUT2D eigenvalue weighted by Crippen LogP contribution is 2.29. The number of likely N-dealkylation sites (tertiary alicyclic amines) is 1. The van der Waals surface area contributed by atoms with E-state index in [1.807, 2.05) is 35.2 Å². The summed E-state index contributed by atoms with van der Waals surface area (Å²) in [5, 5.41) is 6.04. The fourth-order valence-corrected chi connectivity index (χ4v) is 4.21. The minimum atomic E-state index is -0.0527. The van der Waals surface area contributed by atoms with Crippen LogP contribution in [0.2, 0.25) is 0 Å². The molecule has 1 aromatic carbocycles. The lowest BCUT2D eigenvalue weighted by atomic mass is 9.81. The van der Waals surface area contributed by atoms with Crippen molar-refractivity contribution in [3.63, 3.8) is 0 Å². The number of urea groups is 1. The Labute approximate surface area is 173 Å². The SMILES string of the molecule is CC[C@H]1CN(C(=O)Nc2ccccc2)CC[C@H]1CC(=O)NCCN1CCOCC1. The number of nitrogens with zero attached hydrogens (tertiary/aromatic N) is 2. The minimum Gasteiger partial charge on any atom is -0.379 e. The van der Waals surface area contributed by atoms with E-state index in [-0.39, 0.29) is 11.9 Å². The molecule has 29 heavy (non-hydrogen) atoms. The third kappa shape index (κ3) is 6.72. The number of benzene rings is 1. The quantitative estimate of drug-likeness (QED) is 0.735. The zero-order valence-corrected chi connectivity index (χ0v) is 17.4. The first-order valence-corrected chi connectivity index (χ1v) is 10.8. The van der Waals surface area contributed by atoms with Crippen LogP contribution < -0.4 is 10.6 Å². The summed E-state index contributed by atoms with van der Waals surface area (Å²) in [6, 6.07) is 9.48. The van der Waals surface area contributed by atoms with E-state index in [9.17, 15) is 9.59 Å². The lowest BCUT2D eigenvalue weighted by Crippen LogP contribution is -2.46. The fourth-order valence-electron chi connectivity index (χ4n) is 4.21. The number of carbonyl (C=O) groups excluding carboxylic acids is 2. The number of nitrogens with one attached hydrogen (secondary N) is 2. The number of ether oxygens (including phenoxy) is 1. The first-order valence-electron chi connectivity index (χ1n) is 10.8. The van der Waals surface area contributed by atoms with Crippen LogP contribution in [0, 0.1) is 11.8 Å². The molecule has 0 bridgehead atoms. The van der Waals surface area contributed by atoms with Gasteiger partial charge in [-0.25, -0.2) is 4.79 Å². The van der Waals surface area contributed by atoms with Crippen LogP contribution in [0.25, 0.3) is 0 Å². The molecule has 3 amide bonds. The maximum atomic E-state index is 12.6. The van der Waals surface area contributed by atoms with Crippen molar-refractivity contribution in [1.29, 1.82) is 0 Å². The van der Waals surface area contributed by atoms with E-state index in [0.717, 1.165) is 51.4 Å². The van der Waals surface area contributed by atoms with Crippen molar-refractivity contribution in [3.05, 3.63) is 30.3 Å². The molecule has 2 heterocycles. The summed E-state index contributed by atoms with van der Waals surface area (Å²) in [6.07, 6.45) is 2.40. The number of carbonyl (C=O) groups is 2. The predicted molar refractivity (Wildman–Crippen MR) is 114 cm³/mol. The monoisotopic (exact) mass is 402 g/mol. The topological polar surface area (TPSA) is 73.9 Å². The lowest BCUT2D eigenvalue weighted by Gasteiger charge is -2.38. The Kier molecular flexibility index (Phi) is 8.31. The molecule has 2 N–H and O–H groups in total. The molecule has 160 valence electrons. The molecule has 0 aromatic heterocycles. The van der Waals surface area contributed by atoms with Crippen LogP contribution in [0.4, 0.5) is 10.5 Å². The van der Waals surface area contributed by atoms with Crippen molar-refractivity contribution < 1.29 is 14.3 Å². The van der Waals surface area contributed by atoms with E-state index < -0.39 is 0 Å². The van der Waals surface area contributed by atoms with Crippen molar-refractivity contribution >= 4 is 17.6 Å². The van der Waals surface area contributed by atoms with E-state index in [1.165, 1.54) is 0 Å². The second kappa shape index (κ2) is 11.2. The molecule has 0 aliphatic carbocycles. The van der Waals surface area contributed by atoms with E-state index in [2.05, 4.69) is 22.5 Å². The second-order valence-electron chi connectivity index (χ2n) is 7.97. The molecule has 1 aromatic rings. The van der Waals surface area contributed by atoms with Gasteiger partial charge in [0, 0.05) is 51.4 Å². The normalized spacial score (nSPS) is 22.9. The van der Waals surface area contributed by atoms with Crippen molar-refractivity contribution in [2.24, 2.45) is 11.8 Å². The largest absolute Gasteiger partial charge is 0.379 e. The Morgan fingerprint density at radius 3 is 2.59 bits per heavy atom. The van der Waals surface area contributed by atoms with Crippen LogP contribution >= 0.6 is 0 Å². The fraction of sp³-hybridized carbons (Fsp3) is 0.636. The average molecular weight is 403 g/mol. The molecule has 7 nitrogen and oxygen atoms in total. The average Bonchev–Trinajstić information content (AvgIpc) is 2.75. The standard InChI is InChI=1S/C22H34N4O3/c1-2-18-17-26(22(28)24-20-6-4-3-5-7-20)10-8-19(18)16-21(27)23-9-11-25-12-14-29-15-13-25/h3-7,18-19H,2,8-17H2,1H3,(H,23,27)(H,24,28)/t18-,19-/m0/s1. The molecule has 0 unspecified atom stereocenters. The Morgan fingerprint density at radius 2 is 1.86 bits per heavy atom. The van der Waals surface area contributed by atoms with Crippen LogP contribution in [-0.4, -0.2) is 74.2 Å². The van der Waals surface area contributed by atoms with Gasteiger partial charge < -0.3 is 20.3 Å². The highest BCUT2D eigenvalue weighted by atomic mass is 16.5. The van der Waals surface area contributed by atoms with Gasteiger partial charge in [0.2, 0.25) is 5.91 Å². The molecule has 2 aliphatic heterocycles. The van der Waals surface area contributed by atoms with Crippen molar-refractivity contribution in [2.75, 3.05) is 57.8 Å². The van der Waals surface area contributed by atoms with Gasteiger partial charge in [0.05, 0.1) is 13.2 Å². The summed E-state index contributed by atoms with van der Waals surface area (Å²) in [7, 11) is 0. The number of amides is 3. The van der Waals surface area contributed by atoms with Crippen molar-refractivity contribution in [1.82, 2.24) is 15.1 Å². The number of piperidine rings is 1. The Balaban J connectivity index is 1.40. The molecular formula is C22H34N4O3. The number of hydrogen-bond donors (Lipinski definition) is 2. The summed E-state index contributed by atoms with van der Waals surface area (Å²) in [6.45, 7) is 8.56. The summed E-state index contributed by atoms with van der Waals surface area (Å²) in [4.78, 5) is 29.2. The van der Waals surface area contributed by atoms with Gasteiger partial charge in [-0.1, -0.05) is 31.5 Å². The van der Waals surface area contributed by atoms with Gasteiger partial charge >= 0.3 is 6.03 Å². The van der Waals surface area contributed by atoms with Crippen LogP contribution in [-0.2, 0) is 9.53 Å². The second-order valence-corrected chi connectivity index (χ2v) is 7.97. The first kappa shape index (κ1) is 21.6. The first-order chi connectivity index (χ1) is 14.2. The molecule has 0 radical (unpaired) electrons. The summed E-state index contributed by atoms with van der Waals surface area (Å²) < 4.78 is 5.35. The number of anilines is 1. The number of hydrogen-bond acceptors (Lipinski definition) is 4. The highest BCUT2D eigenvalue weighted by Gasteiger charge is 2.31. The smallest absolute Gasteiger partial charge is 0.321 e. The molecule has 2 saturated heterocycles. The van der Waals surface area contributed by atoms with E-state index >= 15 is 0 Å². The third-order valence-corrected chi connectivity index (χ3v) is 6.03. The van der Waals surface area contributed by atoms with Gasteiger partial charge in [-0.3, -0.25) is 9.69 Å². The van der Waals surface area contributed by atoms with Gasteiger partial charge in [-0.2, -0.15) is 0 Å². The Morgan fingerprint density at radius 1 is 1.10 bits per heavy atom. The van der Waals surface area contributed by atoms with Gasteiger partial charge in [0.15, 0.2) is 0 Å². The summed E-state index contributed by atoms with van der Waals surface area (Å²) in [5.74, 6) is 0.823.